The van der Waals surface area contributed by atoms with E-state index in [9.17, 15) is 0 Å². The van der Waals surface area contributed by atoms with Gasteiger partial charge in [0.1, 0.15) is 5.75 Å². The Hall–Kier alpha value is -1.06. The first-order valence-corrected chi connectivity index (χ1v) is 6.75. The fraction of sp³-hybridized carbons (Fsp3) is 0.600. The number of rotatable bonds is 5. The molecule has 2 unspecified atom stereocenters. The van der Waals surface area contributed by atoms with Gasteiger partial charge in [0.05, 0.1) is 12.2 Å². The maximum Gasteiger partial charge on any atom is 0.119 e. The number of benzene rings is 1. The first-order valence-electron chi connectivity index (χ1n) is 6.75. The molecule has 0 radical (unpaired) electrons. The van der Waals surface area contributed by atoms with Gasteiger partial charge in [-0.25, -0.2) is 0 Å². The van der Waals surface area contributed by atoms with Crippen LogP contribution in [0.2, 0.25) is 0 Å². The average molecular weight is 249 g/mol. The third-order valence-electron chi connectivity index (χ3n) is 3.24. The van der Waals surface area contributed by atoms with Gasteiger partial charge in [-0.3, -0.25) is 0 Å². The summed E-state index contributed by atoms with van der Waals surface area (Å²) in [6, 6.07) is 8.78. The van der Waals surface area contributed by atoms with E-state index in [0.29, 0.717) is 12.1 Å². The lowest BCUT2D eigenvalue weighted by Gasteiger charge is -2.16. The monoisotopic (exact) mass is 249 g/mol. The summed E-state index contributed by atoms with van der Waals surface area (Å²) in [7, 11) is 0. The Morgan fingerprint density at radius 2 is 2.06 bits per heavy atom. The molecule has 3 heteroatoms. The molecule has 0 saturated carbocycles. The first-order chi connectivity index (χ1) is 8.65. The summed E-state index contributed by atoms with van der Waals surface area (Å²) in [4.78, 5) is 0. The third-order valence-corrected chi connectivity index (χ3v) is 3.24. The van der Waals surface area contributed by atoms with Crippen molar-refractivity contribution in [1.82, 2.24) is 5.32 Å². The molecule has 1 aliphatic rings. The summed E-state index contributed by atoms with van der Waals surface area (Å²) < 4.78 is 11.2. The van der Waals surface area contributed by atoms with Crippen molar-refractivity contribution in [3.63, 3.8) is 0 Å². The van der Waals surface area contributed by atoms with Crippen LogP contribution in [0.5, 0.6) is 5.75 Å². The summed E-state index contributed by atoms with van der Waals surface area (Å²) in [5.41, 5.74) is 1.28. The second-order valence-electron chi connectivity index (χ2n) is 5.16. The van der Waals surface area contributed by atoms with Crippen LogP contribution >= 0.6 is 0 Å². The highest BCUT2D eigenvalue weighted by atomic mass is 16.5. The standard InChI is InChI=1S/C15H23NO2/c1-11(2)18-14-6-4-13(5-7-14)10-16-15-8-9-17-12(15)3/h4-7,11-12,15-16H,8-10H2,1-3H3. The van der Waals surface area contributed by atoms with E-state index in [0.717, 1.165) is 25.3 Å². The molecule has 18 heavy (non-hydrogen) atoms. The number of hydrogen-bond acceptors (Lipinski definition) is 3. The summed E-state index contributed by atoms with van der Waals surface area (Å²) in [6.07, 6.45) is 1.66. The summed E-state index contributed by atoms with van der Waals surface area (Å²) in [6.45, 7) is 7.97. The molecule has 1 N–H and O–H groups in total. The van der Waals surface area contributed by atoms with Crippen LogP contribution in [-0.2, 0) is 11.3 Å². The normalized spacial score (nSPS) is 23.6. The van der Waals surface area contributed by atoms with Crippen molar-refractivity contribution >= 4 is 0 Å². The van der Waals surface area contributed by atoms with E-state index in [1.54, 1.807) is 0 Å². The van der Waals surface area contributed by atoms with E-state index >= 15 is 0 Å². The average Bonchev–Trinajstić information content (AvgIpc) is 2.73. The summed E-state index contributed by atoms with van der Waals surface area (Å²) in [5, 5.41) is 3.54. The van der Waals surface area contributed by atoms with Gasteiger partial charge in [-0.2, -0.15) is 0 Å². The molecule has 0 amide bonds. The second kappa shape index (κ2) is 6.21. The molecule has 1 saturated heterocycles. The highest BCUT2D eigenvalue weighted by molar-refractivity contribution is 5.27. The fourth-order valence-electron chi connectivity index (χ4n) is 2.21. The largest absolute Gasteiger partial charge is 0.491 e. The number of hydrogen-bond donors (Lipinski definition) is 1. The zero-order valence-corrected chi connectivity index (χ0v) is 11.5. The predicted octanol–water partition coefficient (Wildman–Crippen LogP) is 2.74. The Balaban J connectivity index is 1.82. The van der Waals surface area contributed by atoms with Crippen LogP contribution in [0.15, 0.2) is 24.3 Å². The van der Waals surface area contributed by atoms with E-state index in [-0.39, 0.29) is 6.10 Å². The molecule has 0 spiro atoms. The minimum Gasteiger partial charge on any atom is -0.491 e. The molecule has 1 heterocycles. The van der Waals surface area contributed by atoms with Gasteiger partial charge in [-0.15, -0.1) is 0 Å². The molecule has 0 bridgehead atoms. The Kier molecular flexibility index (Phi) is 4.61. The summed E-state index contributed by atoms with van der Waals surface area (Å²) >= 11 is 0. The highest BCUT2D eigenvalue weighted by Crippen LogP contribution is 2.16. The van der Waals surface area contributed by atoms with Gasteiger partial charge in [0.2, 0.25) is 0 Å². The van der Waals surface area contributed by atoms with Crippen LogP contribution in [-0.4, -0.2) is 24.9 Å². The van der Waals surface area contributed by atoms with Gasteiger partial charge in [-0.1, -0.05) is 12.1 Å². The van der Waals surface area contributed by atoms with Crippen LogP contribution in [0.25, 0.3) is 0 Å². The Labute approximate surface area is 109 Å². The molecule has 2 rings (SSSR count). The fourth-order valence-corrected chi connectivity index (χ4v) is 2.21. The minimum absolute atomic E-state index is 0.227. The summed E-state index contributed by atoms with van der Waals surface area (Å²) in [5.74, 6) is 0.936. The van der Waals surface area contributed by atoms with Crippen molar-refractivity contribution in [2.75, 3.05) is 6.61 Å². The molecular formula is C15H23NO2. The van der Waals surface area contributed by atoms with E-state index in [2.05, 4.69) is 24.4 Å². The molecule has 1 aliphatic heterocycles. The zero-order chi connectivity index (χ0) is 13.0. The predicted molar refractivity (Wildman–Crippen MR) is 72.9 cm³/mol. The molecule has 1 fully saturated rings. The topological polar surface area (TPSA) is 30.5 Å². The minimum atomic E-state index is 0.227. The van der Waals surface area contributed by atoms with E-state index < -0.39 is 0 Å². The SMILES string of the molecule is CC(C)Oc1ccc(CNC2CCOC2C)cc1. The van der Waals surface area contributed by atoms with Crippen molar-refractivity contribution in [1.29, 1.82) is 0 Å². The zero-order valence-electron chi connectivity index (χ0n) is 11.5. The lowest BCUT2D eigenvalue weighted by Crippen LogP contribution is -2.34. The molecule has 1 aromatic carbocycles. The molecule has 3 nitrogen and oxygen atoms in total. The Bertz CT molecular complexity index is 361. The number of ether oxygens (including phenoxy) is 2. The quantitative estimate of drug-likeness (QED) is 0.870. The van der Waals surface area contributed by atoms with Gasteiger partial charge in [0.15, 0.2) is 0 Å². The molecular weight excluding hydrogens is 226 g/mol. The highest BCUT2D eigenvalue weighted by Gasteiger charge is 2.23. The van der Waals surface area contributed by atoms with Crippen molar-refractivity contribution in [3.05, 3.63) is 29.8 Å². The second-order valence-corrected chi connectivity index (χ2v) is 5.16. The van der Waals surface area contributed by atoms with Crippen LogP contribution in [0.1, 0.15) is 32.8 Å². The maximum absolute atomic E-state index is 5.62. The smallest absolute Gasteiger partial charge is 0.119 e. The lowest BCUT2D eigenvalue weighted by molar-refractivity contribution is 0.113. The van der Waals surface area contributed by atoms with Gasteiger partial charge in [-0.05, 0) is 44.9 Å². The van der Waals surface area contributed by atoms with E-state index in [1.165, 1.54) is 5.56 Å². The van der Waals surface area contributed by atoms with Gasteiger partial charge >= 0.3 is 0 Å². The van der Waals surface area contributed by atoms with Crippen LogP contribution in [0.3, 0.4) is 0 Å². The first kappa shape index (κ1) is 13.4. The molecule has 100 valence electrons. The van der Waals surface area contributed by atoms with Gasteiger partial charge in [0.25, 0.3) is 0 Å². The molecule has 0 aliphatic carbocycles. The van der Waals surface area contributed by atoms with E-state index in [1.807, 2.05) is 26.0 Å². The van der Waals surface area contributed by atoms with Gasteiger partial charge in [0, 0.05) is 19.2 Å². The van der Waals surface area contributed by atoms with Gasteiger partial charge < -0.3 is 14.8 Å². The Morgan fingerprint density at radius 3 is 2.61 bits per heavy atom. The maximum atomic E-state index is 5.62. The van der Waals surface area contributed by atoms with E-state index in [4.69, 9.17) is 9.47 Å². The number of nitrogens with one attached hydrogen (secondary N) is 1. The molecule has 1 aromatic rings. The molecule has 0 aromatic heterocycles. The third kappa shape index (κ3) is 3.72. The van der Waals surface area contributed by atoms with Crippen molar-refractivity contribution in [2.45, 2.75) is 52.0 Å². The molecule has 2 atom stereocenters. The van der Waals surface area contributed by atoms with Crippen LogP contribution in [0.4, 0.5) is 0 Å². The van der Waals surface area contributed by atoms with Crippen molar-refractivity contribution < 1.29 is 9.47 Å². The van der Waals surface area contributed by atoms with Crippen LogP contribution < -0.4 is 10.1 Å². The van der Waals surface area contributed by atoms with Crippen molar-refractivity contribution in [2.24, 2.45) is 0 Å². The Morgan fingerprint density at radius 1 is 1.33 bits per heavy atom. The lowest BCUT2D eigenvalue weighted by atomic mass is 10.1. The van der Waals surface area contributed by atoms with Crippen molar-refractivity contribution in [3.8, 4) is 5.75 Å². The van der Waals surface area contributed by atoms with Crippen LogP contribution in [0, 0.1) is 0 Å².